The van der Waals surface area contributed by atoms with Gasteiger partial charge in [0.15, 0.2) is 0 Å². The molecule has 0 saturated heterocycles. The van der Waals surface area contributed by atoms with Crippen LogP contribution in [0.4, 0.5) is 4.39 Å². The summed E-state index contributed by atoms with van der Waals surface area (Å²) >= 11 is 0. The summed E-state index contributed by atoms with van der Waals surface area (Å²) in [6.45, 7) is 2.40. The van der Waals surface area contributed by atoms with Crippen LogP contribution in [0, 0.1) is 5.82 Å². The van der Waals surface area contributed by atoms with E-state index in [4.69, 9.17) is 4.74 Å². The number of carbonyl (C=O) groups excluding carboxylic acids is 1. The first kappa shape index (κ1) is 12.3. The molecule has 0 aliphatic rings. The predicted octanol–water partition coefficient (Wildman–Crippen LogP) is 3.70. The van der Waals surface area contributed by atoms with Gasteiger partial charge in [-0.1, -0.05) is 30.3 Å². The number of rotatable bonds is 4. The standard InChI is InChI=1S/C15H13FO2/c1-2-18-15-6-4-3-5-13(15)12-8-7-11(10-17)9-14(12)16/h3-10H,2H2,1H3. The van der Waals surface area contributed by atoms with Gasteiger partial charge < -0.3 is 4.74 Å². The number of halogens is 1. The molecule has 3 heteroatoms. The molecule has 0 bridgehead atoms. The van der Waals surface area contributed by atoms with E-state index in [1.54, 1.807) is 24.3 Å². The maximum absolute atomic E-state index is 13.9. The van der Waals surface area contributed by atoms with Gasteiger partial charge in [0.2, 0.25) is 0 Å². The third kappa shape index (κ3) is 2.40. The summed E-state index contributed by atoms with van der Waals surface area (Å²) in [6.07, 6.45) is 0.626. The predicted molar refractivity (Wildman–Crippen MR) is 68.4 cm³/mol. The number of benzene rings is 2. The molecule has 0 aliphatic carbocycles. The maximum Gasteiger partial charge on any atom is 0.150 e. The Morgan fingerprint density at radius 2 is 1.94 bits per heavy atom. The van der Waals surface area contributed by atoms with Gasteiger partial charge >= 0.3 is 0 Å². The third-order valence-corrected chi connectivity index (χ3v) is 2.61. The Morgan fingerprint density at radius 3 is 2.61 bits per heavy atom. The Bertz CT molecular complexity index is 564. The van der Waals surface area contributed by atoms with Gasteiger partial charge in [0.25, 0.3) is 0 Å². The summed E-state index contributed by atoms with van der Waals surface area (Å²) in [7, 11) is 0. The van der Waals surface area contributed by atoms with Crippen LogP contribution in [0.25, 0.3) is 11.1 Å². The van der Waals surface area contributed by atoms with Crippen molar-refractivity contribution in [2.45, 2.75) is 6.92 Å². The summed E-state index contributed by atoms with van der Waals surface area (Å²) in [4.78, 5) is 10.6. The van der Waals surface area contributed by atoms with Crippen LogP contribution in [0.1, 0.15) is 17.3 Å². The molecule has 0 aromatic heterocycles. The van der Waals surface area contributed by atoms with Crippen LogP contribution in [-0.2, 0) is 0 Å². The fraction of sp³-hybridized carbons (Fsp3) is 0.133. The molecule has 0 unspecified atom stereocenters. The van der Waals surface area contributed by atoms with Crippen LogP contribution >= 0.6 is 0 Å². The van der Waals surface area contributed by atoms with Crippen molar-refractivity contribution in [2.75, 3.05) is 6.61 Å². The van der Waals surface area contributed by atoms with Crippen molar-refractivity contribution in [2.24, 2.45) is 0 Å². The van der Waals surface area contributed by atoms with Crippen LogP contribution in [0.15, 0.2) is 42.5 Å². The summed E-state index contributed by atoms with van der Waals surface area (Å²) in [5.41, 5.74) is 1.45. The number of carbonyl (C=O) groups is 1. The Hall–Kier alpha value is -2.16. The minimum Gasteiger partial charge on any atom is -0.493 e. The Balaban J connectivity index is 2.51. The second kappa shape index (κ2) is 5.45. The molecule has 2 nitrogen and oxygen atoms in total. The first-order valence-electron chi connectivity index (χ1n) is 5.73. The Kier molecular flexibility index (Phi) is 3.72. The number of ether oxygens (including phenoxy) is 1. The molecule has 2 aromatic carbocycles. The van der Waals surface area contributed by atoms with E-state index >= 15 is 0 Å². The van der Waals surface area contributed by atoms with E-state index in [2.05, 4.69) is 0 Å². The van der Waals surface area contributed by atoms with Crippen molar-refractivity contribution in [1.82, 2.24) is 0 Å². The SMILES string of the molecule is CCOc1ccccc1-c1ccc(C=O)cc1F. The monoisotopic (exact) mass is 244 g/mol. The van der Waals surface area contributed by atoms with Crippen molar-refractivity contribution in [3.63, 3.8) is 0 Å². The van der Waals surface area contributed by atoms with Gasteiger partial charge in [0, 0.05) is 16.7 Å². The van der Waals surface area contributed by atoms with Crippen LogP contribution in [-0.4, -0.2) is 12.9 Å². The van der Waals surface area contributed by atoms with Crippen molar-refractivity contribution in [3.8, 4) is 16.9 Å². The third-order valence-electron chi connectivity index (χ3n) is 2.61. The number of hydrogen-bond acceptors (Lipinski definition) is 2. The lowest BCUT2D eigenvalue weighted by Crippen LogP contribution is -1.95. The van der Waals surface area contributed by atoms with E-state index in [1.165, 1.54) is 6.07 Å². The van der Waals surface area contributed by atoms with Crippen LogP contribution in [0.2, 0.25) is 0 Å². The zero-order chi connectivity index (χ0) is 13.0. The van der Waals surface area contributed by atoms with Gasteiger partial charge in [-0.3, -0.25) is 4.79 Å². The lowest BCUT2D eigenvalue weighted by Gasteiger charge is -2.10. The van der Waals surface area contributed by atoms with Crippen molar-refractivity contribution in [3.05, 3.63) is 53.8 Å². The highest BCUT2D eigenvalue weighted by Gasteiger charge is 2.10. The molecule has 0 heterocycles. The first-order valence-corrected chi connectivity index (χ1v) is 5.73. The quantitative estimate of drug-likeness (QED) is 0.766. The topological polar surface area (TPSA) is 26.3 Å². The van der Waals surface area contributed by atoms with Gasteiger partial charge in [-0.2, -0.15) is 0 Å². The Morgan fingerprint density at radius 1 is 1.17 bits per heavy atom. The second-order valence-electron chi connectivity index (χ2n) is 3.79. The molecule has 2 rings (SSSR count). The van der Waals surface area contributed by atoms with E-state index in [0.717, 1.165) is 0 Å². The highest BCUT2D eigenvalue weighted by atomic mass is 19.1. The molecular weight excluding hydrogens is 231 g/mol. The molecule has 0 atom stereocenters. The molecule has 2 aromatic rings. The first-order chi connectivity index (χ1) is 8.76. The van der Waals surface area contributed by atoms with Crippen LogP contribution in [0.5, 0.6) is 5.75 Å². The lowest BCUT2D eigenvalue weighted by molar-refractivity contribution is 0.112. The summed E-state index contributed by atoms with van der Waals surface area (Å²) in [5.74, 6) is 0.213. The van der Waals surface area contributed by atoms with Crippen molar-refractivity contribution in [1.29, 1.82) is 0 Å². The van der Waals surface area contributed by atoms with E-state index in [-0.39, 0.29) is 0 Å². The van der Waals surface area contributed by atoms with Crippen molar-refractivity contribution >= 4 is 6.29 Å². The lowest BCUT2D eigenvalue weighted by atomic mass is 10.0. The number of para-hydroxylation sites is 1. The van der Waals surface area contributed by atoms with E-state index in [1.807, 2.05) is 19.1 Å². The van der Waals surface area contributed by atoms with Gasteiger partial charge in [0.1, 0.15) is 17.9 Å². The smallest absolute Gasteiger partial charge is 0.150 e. The van der Waals surface area contributed by atoms with Gasteiger partial charge in [-0.15, -0.1) is 0 Å². The van der Waals surface area contributed by atoms with Crippen LogP contribution < -0.4 is 4.74 Å². The minimum atomic E-state index is -0.424. The molecule has 0 radical (unpaired) electrons. The zero-order valence-electron chi connectivity index (χ0n) is 10.0. The second-order valence-corrected chi connectivity index (χ2v) is 3.79. The average molecular weight is 244 g/mol. The molecule has 0 fully saturated rings. The number of hydrogen-bond donors (Lipinski definition) is 0. The van der Waals surface area contributed by atoms with Gasteiger partial charge in [-0.25, -0.2) is 4.39 Å². The summed E-state index contributed by atoms with van der Waals surface area (Å²) in [5, 5.41) is 0. The van der Waals surface area contributed by atoms with E-state index in [0.29, 0.717) is 35.3 Å². The van der Waals surface area contributed by atoms with E-state index < -0.39 is 5.82 Å². The fourth-order valence-electron chi connectivity index (χ4n) is 1.79. The van der Waals surface area contributed by atoms with Gasteiger partial charge in [-0.05, 0) is 19.1 Å². The molecule has 0 saturated carbocycles. The summed E-state index contributed by atoms with van der Waals surface area (Å²) < 4.78 is 19.4. The molecule has 0 aliphatic heterocycles. The zero-order valence-corrected chi connectivity index (χ0v) is 10.0. The summed E-state index contributed by atoms with van der Waals surface area (Å²) in [6, 6.07) is 11.7. The van der Waals surface area contributed by atoms with E-state index in [9.17, 15) is 9.18 Å². The molecule has 18 heavy (non-hydrogen) atoms. The molecule has 0 N–H and O–H groups in total. The molecule has 0 amide bonds. The van der Waals surface area contributed by atoms with Crippen LogP contribution in [0.3, 0.4) is 0 Å². The minimum absolute atomic E-state index is 0.324. The average Bonchev–Trinajstić information content (AvgIpc) is 2.40. The van der Waals surface area contributed by atoms with Gasteiger partial charge in [0.05, 0.1) is 6.61 Å². The molecule has 92 valence electrons. The largest absolute Gasteiger partial charge is 0.493 e. The number of aldehydes is 1. The highest BCUT2D eigenvalue weighted by Crippen LogP contribution is 2.31. The van der Waals surface area contributed by atoms with Crippen molar-refractivity contribution < 1.29 is 13.9 Å². The normalized spacial score (nSPS) is 10.1. The molecular formula is C15H13FO2. The molecule has 0 spiro atoms. The Labute approximate surface area is 105 Å². The highest BCUT2D eigenvalue weighted by molar-refractivity contribution is 5.78. The fourth-order valence-corrected chi connectivity index (χ4v) is 1.79. The maximum atomic E-state index is 13.9.